The fourth-order valence-electron chi connectivity index (χ4n) is 2.56. The first-order chi connectivity index (χ1) is 20.5. The highest BCUT2D eigenvalue weighted by atomic mass is 33.6. The van der Waals surface area contributed by atoms with E-state index < -0.39 is 0 Å². The molecule has 0 aliphatic carbocycles. The SMILES string of the molecule is N=PP(P(P)P)P(P(P(P)P)P(P)P)P(P(P(P(P)P)P(P)P)P(P(P)P)P(P)P)P(P(P(P)P)P(P)P)P(P(P)P)P(P)P. The Morgan fingerprint density at radius 3 is 0.511 bits per heavy atom. The summed E-state index contributed by atoms with van der Waals surface area (Å²) in [6, 6.07) is 0. The Balaban J connectivity index is 9.01. The summed E-state index contributed by atoms with van der Waals surface area (Å²) in [6.45, 7) is -4.36. The van der Waals surface area contributed by atoms with Crippen LogP contribution in [0.5, 0.6) is 0 Å². The Bertz CT molecular complexity index is 657. The highest BCUT2D eigenvalue weighted by Gasteiger charge is 2.57. The minimum absolute atomic E-state index is 0.142. The van der Waals surface area contributed by atoms with Gasteiger partial charge in [-0.3, -0.25) is 5.16 Å². The molecule has 0 rings (SSSR count). The van der Waals surface area contributed by atoms with Crippen molar-refractivity contribution < 1.29 is 0 Å². The van der Waals surface area contributed by atoms with Crippen molar-refractivity contribution in [1.29, 1.82) is 5.16 Å². The van der Waals surface area contributed by atoms with Crippen LogP contribution >= 0.6 is 351 Å². The van der Waals surface area contributed by atoms with Crippen LogP contribution in [0, 0.1) is 5.16 Å². The average Bonchev–Trinajstić information content (AvgIpc) is 2.81. The maximum Gasteiger partial charge on any atom is 0.0371 e. The predicted molar refractivity (Wildman–Crippen MR) is 369 cm³/mol. The van der Waals surface area contributed by atoms with Crippen LogP contribution in [0.3, 0.4) is 0 Å². The molecule has 0 amide bonds. The van der Waals surface area contributed by atoms with Crippen molar-refractivity contribution in [2.45, 2.75) is 0 Å². The molecule has 0 aromatic heterocycles. The molecule has 0 saturated heterocycles. The van der Waals surface area contributed by atoms with Gasteiger partial charge < -0.3 is 0 Å². The summed E-state index contributed by atoms with van der Waals surface area (Å²) in [7, 11) is 75.6. The molecule has 270 valence electrons. The van der Waals surface area contributed by atoms with Gasteiger partial charge in [-0.05, 0) is 126 Å². The summed E-state index contributed by atoms with van der Waals surface area (Å²) in [5.74, 6) is 0. The van der Waals surface area contributed by atoms with E-state index in [0.29, 0.717) is 0 Å². The van der Waals surface area contributed by atoms with Crippen molar-refractivity contribution in [2.24, 2.45) is 0 Å². The van der Waals surface area contributed by atoms with Gasteiger partial charge in [0.25, 0.3) is 0 Å². The molecule has 0 fully saturated rings. The van der Waals surface area contributed by atoms with Crippen LogP contribution in [-0.2, 0) is 0 Å². The van der Waals surface area contributed by atoms with Gasteiger partial charge in [-0.2, -0.15) is 0 Å². The van der Waals surface area contributed by atoms with E-state index in [0.717, 1.165) is 8.06 Å². The van der Waals surface area contributed by atoms with Gasteiger partial charge in [-0.1, -0.05) is 0 Å². The normalized spacial score (nSPS) is 15.7. The molecule has 45 heavy (non-hydrogen) atoms. The van der Waals surface area contributed by atoms with Crippen molar-refractivity contribution >= 4 is 351 Å². The molecule has 0 aromatic rings. The summed E-state index contributed by atoms with van der Waals surface area (Å²) in [5, 5.41) is 9.29. The summed E-state index contributed by atoms with van der Waals surface area (Å²) in [4.78, 5) is 0. The van der Waals surface area contributed by atoms with E-state index in [4.69, 9.17) is 0 Å². The third-order valence-corrected chi connectivity index (χ3v) is 303. The molecule has 0 aliphatic rings. The molecule has 0 aromatic carbocycles. The molecule has 1 nitrogen and oxygen atoms in total. The molecule has 24 unspecified atom stereocenters. The zero-order chi connectivity index (χ0) is 35.8. The second kappa shape index (κ2) is 34.8. The van der Waals surface area contributed by atoms with Gasteiger partial charge in [0.1, 0.15) is 0 Å². The first kappa shape index (κ1) is 63.6. The van der Waals surface area contributed by atoms with Crippen LogP contribution < -0.4 is 0 Å². The zero-order valence-corrected chi connectivity index (χ0v) is 68.1. The Morgan fingerprint density at radius 2 is 0.378 bits per heavy atom. The van der Waals surface area contributed by atoms with Gasteiger partial charge in [-0.15, -0.1) is 196 Å². The van der Waals surface area contributed by atoms with Crippen molar-refractivity contribution in [1.82, 2.24) is 0 Å². The molecule has 45 heteroatoms. The van der Waals surface area contributed by atoms with Crippen molar-refractivity contribution in [3.63, 3.8) is 0 Å². The Hall–Kier alpha value is 18.6. The van der Waals surface area contributed by atoms with E-state index in [2.05, 4.69) is 196 Å². The lowest BCUT2D eigenvalue weighted by molar-refractivity contribution is 1.66. The van der Waals surface area contributed by atoms with Crippen LogP contribution in [-0.4, -0.2) is 0 Å². The fourth-order valence-corrected chi connectivity index (χ4v) is 608. The fraction of sp³-hybridized carbons (Fsp3) is 0. The first-order valence-electron chi connectivity index (χ1n) is 10.1. The highest BCUT2D eigenvalue weighted by Crippen LogP contribution is 3.44. The quantitative estimate of drug-likeness (QED) is 0.111. The van der Waals surface area contributed by atoms with E-state index >= 15 is 0 Å². The molecule has 0 bridgehead atoms. The van der Waals surface area contributed by atoms with Crippen LogP contribution in [0.15, 0.2) is 0 Å². The largest absolute Gasteiger partial charge is 0.279 e. The summed E-state index contributed by atoms with van der Waals surface area (Å²) in [6.07, 6.45) is 0. The van der Waals surface area contributed by atoms with E-state index in [1.54, 1.807) is 0 Å². The second-order valence-corrected chi connectivity index (χ2v) is 186. The lowest BCUT2D eigenvalue weighted by Gasteiger charge is -2.57. The molecule has 0 spiro atoms. The van der Waals surface area contributed by atoms with Gasteiger partial charge in [0, 0.05) is 29.0 Å². The first-order valence-corrected chi connectivity index (χ1v) is 89.6. The van der Waals surface area contributed by atoms with Gasteiger partial charge in [0.2, 0.25) is 0 Å². The molecular weight excluding hydrogens is 1380 g/mol. The molecule has 0 saturated carbocycles. The number of hydrogen-bond donors (Lipinski definition) is 1. The topological polar surface area (TPSA) is 23.9 Å². The van der Waals surface area contributed by atoms with Crippen LogP contribution in [0.1, 0.15) is 0 Å². The highest BCUT2D eigenvalue weighted by molar-refractivity contribution is 9.50. The van der Waals surface area contributed by atoms with Gasteiger partial charge >= 0.3 is 0 Å². The molecular formula is H45NP44. The number of rotatable bonds is 21. The second-order valence-electron chi connectivity index (χ2n) is 6.96. The lowest BCUT2D eigenvalue weighted by Crippen LogP contribution is -1.69. The standard InChI is InChI=1S/H45NP44/c1-24-36(25(2)3)42(37(26(4)5)27(6)7)45(43(38(28(8)9)29(10)11)39(30(12)13)31(14)15)44(40(32(16)17)33(18)19)41(34(20)21)35(22)23/h1H,2-23H2. The number of hydrogen-bond acceptors (Lipinski definition) is 1. The van der Waals surface area contributed by atoms with Gasteiger partial charge in [0.05, 0.1) is 0 Å². The maximum atomic E-state index is 9.29. The van der Waals surface area contributed by atoms with Crippen LogP contribution in [0.25, 0.3) is 0 Å². The van der Waals surface area contributed by atoms with Gasteiger partial charge in [-0.25, -0.2) is 0 Å². The van der Waals surface area contributed by atoms with E-state index in [1.807, 2.05) is 0 Å². The van der Waals surface area contributed by atoms with Crippen LogP contribution in [0.4, 0.5) is 0 Å². The minimum atomic E-state index is -0.389. The third-order valence-electron chi connectivity index (χ3n) is 3.80. The van der Waals surface area contributed by atoms with E-state index in [1.165, 1.54) is 0 Å². The van der Waals surface area contributed by atoms with Crippen molar-refractivity contribution in [3.05, 3.63) is 0 Å². The summed E-state index contributed by atoms with van der Waals surface area (Å²) in [5.41, 5.74) is 0. The smallest absolute Gasteiger partial charge is 0.0371 e. The average molecular weight is 1420 g/mol. The minimum Gasteiger partial charge on any atom is -0.279 e. The molecule has 1 N–H and O–H groups in total. The third kappa shape index (κ3) is 22.7. The summed E-state index contributed by atoms with van der Waals surface area (Å²) >= 11 is 0. The molecule has 0 aliphatic heterocycles. The summed E-state index contributed by atoms with van der Waals surface area (Å²) < 4.78 is 0. The molecule has 0 radical (unpaired) electrons. The Kier molecular flexibility index (Phi) is 49.2. The van der Waals surface area contributed by atoms with E-state index in [-0.39, 0.29) is 147 Å². The Morgan fingerprint density at radius 1 is 0.222 bits per heavy atom. The van der Waals surface area contributed by atoms with Crippen molar-refractivity contribution in [3.8, 4) is 0 Å². The zero-order valence-electron chi connectivity index (χ0n) is 23.0. The number of nitrogens with one attached hydrogen (secondary N) is 1. The molecule has 0 heterocycles. The van der Waals surface area contributed by atoms with Gasteiger partial charge in [0.15, 0.2) is 0 Å². The predicted octanol–water partition coefficient (Wildman–Crippen LogP) is 26.4. The Labute approximate surface area is 351 Å². The monoisotopic (exact) mass is 1420 g/mol. The lowest BCUT2D eigenvalue weighted by atomic mass is 14.0. The van der Waals surface area contributed by atoms with E-state index in [9.17, 15) is 5.16 Å². The van der Waals surface area contributed by atoms with Crippen molar-refractivity contribution in [2.75, 3.05) is 0 Å². The maximum absolute atomic E-state index is 9.29. The van der Waals surface area contributed by atoms with Crippen LogP contribution in [0.2, 0.25) is 0 Å². The molecule has 24 atom stereocenters.